The maximum absolute atomic E-state index is 6.14. The van der Waals surface area contributed by atoms with Gasteiger partial charge in [-0.25, -0.2) is 0 Å². The zero-order chi connectivity index (χ0) is 35.7. The van der Waals surface area contributed by atoms with Crippen LogP contribution in [0.1, 0.15) is 96.9 Å². The van der Waals surface area contributed by atoms with Crippen LogP contribution in [0.3, 0.4) is 0 Å². The van der Waals surface area contributed by atoms with E-state index in [1.807, 2.05) is 0 Å². The van der Waals surface area contributed by atoms with E-state index in [4.69, 9.17) is 4.21 Å². The SMILES string of the molecule is Cl.Cl.[CH2]=[Zr]([C]1=CC=CC1)([c]1cccc(C)c1)([c]1cccc(C)c1)[C]1(C)C2=C3Cc4ccccc4C3=C3C=CCCC3C2(C)C(C)(C)C(C)(C)C1(C)C. The molecule has 0 bridgehead atoms. The normalized spacial score (nSPS) is 27.8. The van der Waals surface area contributed by atoms with Crippen LogP contribution in [-0.2, 0) is 24.7 Å². The number of fused-ring (bicyclic) bond motifs is 6. The molecule has 274 valence electrons. The van der Waals surface area contributed by atoms with Crippen LogP contribution in [0.2, 0.25) is 3.12 Å². The van der Waals surface area contributed by atoms with Crippen LogP contribution in [0.15, 0.2) is 123 Å². The fourth-order valence-electron chi connectivity index (χ4n) is 13.2. The van der Waals surface area contributed by atoms with Crippen LogP contribution in [0.25, 0.3) is 5.57 Å². The minimum absolute atomic E-state index is 0. The standard InChI is InChI=1S/C29H37.2C7H7.C5H5.CH2.2ClH.Zr/c1-18-25-22-17-19-13-9-10-14-20(19)24(22)21-15-11-12-16-23(21)29(25,8)28(6,7)27(4,5)26(18,2)3;2*1-7-5-3-2-4-6-7;1-2-4-5-3-1;;;;/h9-11,13-15,23H,12,16-17H2,1-8H3;2*2-3,5-6H,1H3;1-3H,4H2;1H2;2*1H;. The molecule has 0 radical (unpaired) electrons. The van der Waals surface area contributed by atoms with Crippen molar-refractivity contribution < 1.29 is 18.3 Å². The Morgan fingerprint density at radius 3 is 1.90 bits per heavy atom. The van der Waals surface area contributed by atoms with Crippen LogP contribution in [0.5, 0.6) is 0 Å². The molecule has 1 fully saturated rings. The van der Waals surface area contributed by atoms with E-state index in [0.29, 0.717) is 5.92 Å². The average molecular weight is 811 g/mol. The van der Waals surface area contributed by atoms with Crippen LogP contribution in [0, 0.1) is 41.4 Å². The topological polar surface area (TPSA) is 0 Å². The third kappa shape index (κ3) is 4.24. The molecule has 0 aromatic heterocycles. The molecule has 5 aliphatic carbocycles. The summed E-state index contributed by atoms with van der Waals surface area (Å²) in [5.41, 5.74) is 11.9. The molecular weight excluding hydrogens is 751 g/mol. The summed E-state index contributed by atoms with van der Waals surface area (Å²) in [6.45, 7) is 26.1. The number of allylic oxidation sites excluding steroid dienone is 10. The number of rotatable bonds is 4. The molecule has 0 spiro atoms. The Balaban J connectivity index is 0.00000232. The Morgan fingerprint density at radius 2 is 1.33 bits per heavy atom. The fraction of sp³-hybridized carbons (Fsp3) is 0.408. The van der Waals surface area contributed by atoms with Gasteiger partial charge in [-0.3, -0.25) is 0 Å². The van der Waals surface area contributed by atoms with Gasteiger partial charge in [0.2, 0.25) is 0 Å². The molecule has 0 heterocycles. The van der Waals surface area contributed by atoms with Crippen LogP contribution >= 0.6 is 24.8 Å². The Morgan fingerprint density at radius 1 is 0.712 bits per heavy atom. The molecule has 3 heteroatoms. The first-order valence-corrected chi connectivity index (χ1v) is 25.9. The van der Waals surface area contributed by atoms with Crippen LogP contribution in [-0.4, -0.2) is 4.21 Å². The van der Waals surface area contributed by atoms with Gasteiger partial charge in [-0.1, -0.05) is 0 Å². The maximum atomic E-state index is 6.14. The first-order valence-electron chi connectivity index (χ1n) is 19.3. The third-order valence-corrected chi connectivity index (χ3v) is 36.9. The molecule has 52 heavy (non-hydrogen) atoms. The number of hydrogen-bond acceptors (Lipinski definition) is 0. The summed E-state index contributed by atoms with van der Waals surface area (Å²) in [4.78, 5) is 0. The van der Waals surface area contributed by atoms with Crippen molar-refractivity contribution in [1.29, 1.82) is 0 Å². The molecule has 3 atom stereocenters. The zero-order valence-corrected chi connectivity index (χ0v) is 37.3. The second-order valence-electron chi connectivity index (χ2n) is 18.8. The number of halogens is 2. The minimum atomic E-state index is -5.15. The number of aryl methyl sites for hydroxylation is 2. The quantitative estimate of drug-likeness (QED) is 0.246. The Bertz CT molecular complexity index is 2160. The molecule has 8 rings (SSSR count). The molecule has 5 aliphatic rings. The molecule has 0 amide bonds. The van der Waals surface area contributed by atoms with Gasteiger partial charge in [0.15, 0.2) is 0 Å². The predicted molar refractivity (Wildman–Crippen MR) is 229 cm³/mol. The molecule has 3 aromatic carbocycles. The van der Waals surface area contributed by atoms with Gasteiger partial charge >= 0.3 is 306 Å². The van der Waals surface area contributed by atoms with E-state index in [9.17, 15) is 0 Å². The summed E-state index contributed by atoms with van der Waals surface area (Å²) in [6.07, 6.45) is 16.7. The first kappa shape index (κ1) is 39.4. The average Bonchev–Trinajstić information content (AvgIpc) is 3.77. The van der Waals surface area contributed by atoms with E-state index < -0.39 is 18.3 Å². The van der Waals surface area contributed by atoms with E-state index >= 15 is 0 Å². The van der Waals surface area contributed by atoms with Crippen molar-refractivity contribution >= 4 is 41.1 Å². The van der Waals surface area contributed by atoms with Gasteiger partial charge in [0.25, 0.3) is 0 Å². The van der Waals surface area contributed by atoms with Crippen LogP contribution in [0.4, 0.5) is 0 Å². The Labute approximate surface area is 328 Å². The van der Waals surface area contributed by atoms with Crippen LogP contribution < -0.4 is 6.54 Å². The van der Waals surface area contributed by atoms with Crippen molar-refractivity contribution in [3.8, 4) is 0 Å². The number of hydrogen-bond donors (Lipinski definition) is 0. The van der Waals surface area contributed by atoms with E-state index in [2.05, 4.69) is 172 Å². The van der Waals surface area contributed by atoms with Crippen molar-refractivity contribution in [3.63, 3.8) is 0 Å². The van der Waals surface area contributed by atoms with Gasteiger partial charge in [0, 0.05) is 0 Å². The molecule has 0 saturated heterocycles. The summed E-state index contributed by atoms with van der Waals surface area (Å²) < 4.78 is 10.5. The molecule has 3 aromatic rings. The van der Waals surface area contributed by atoms with Gasteiger partial charge in [-0.15, -0.1) is 24.8 Å². The van der Waals surface area contributed by atoms with Gasteiger partial charge in [-0.05, 0) is 0 Å². The first-order chi connectivity index (χ1) is 23.5. The molecule has 1 saturated carbocycles. The van der Waals surface area contributed by atoms with Crippen molar-refractivity contribution in [1.82, 2.24) is 0 Å². The molecular formula is C49H60Cl2Zr. The summed E-state index contributed by atoms with van der Waals surface area (Å²) >= 11 is -5.15. The fourth-order valence-corrected chi connectivity index (χ4v) is 34.3. The molecule has 0 nitrogen and oxygen atoms in total. The second-order valence-corrected chi connectivity index (χ2v) is 32.8. The third-order valence-electron chi connectivity index (χ3n) is 17.1. The molecule has 0 aliphatic heterocycles. The second kappa shape index (κ2) is 12.4. The summed E-state index contributed by atoms with van der Waals surface area (Å²) in [6, 6.07) is 28.8. The van der Waals surface area contributed by atoms with E-state index in [0.717, 1.165) is 19.3 Å². The van der Waals surface area contributed by atoms with E-state index in [1.165, 1.54) is 35.2 Å². The van der Waals surface area contributed by atoms with E-state index in [1.54, 1.807) is 25.6 Å². The summed E-state index contributed by atoms with van der Waals surface area (Å²) in [5, 5.41) is 0. The Kier molecular flexibility index (Phi) is 9.36. The van der Waals surface area contributed by atoms with Crippen molar-refractivity contribution in [2.45, 2.75) is 98.0 Å². The van der Waals surface area contributed by atoms with Gasteiger partial charge in [0.05, 0.1) is 0 Å². The molecule has 3 unspecified atom stereocenters. The van der Waals surface area contributed by atoms with Crippen molar-refractivity contribution in [2.75, 3.05) is 0 Å². The monoisotopic (exact) mass is 808 g/mol. The van der Waals surface area contributed by atoms with E-state index in [-0.39, 0.29) is 49.6 Å². The molecule has 0 N–H and O–H groups in total. The summed E-state index contributed by atoms with van der Waals surface area (Å²) in [7, 11) is 0. The zero-order valence-electron chi connectivity index (χ0n) is 33.2. The van der Waals surface area contributed by atoms with Gasteiger partial charge < -0.3 is 0 Å². The number of benzene rings is 3. The van der Waals surface area contributed by atoms with Gasteiger partial charge in [0.1, 0.15) is 0 Å². The predicted octanol–water partition coefficient (Wildman–Crippen LogP) is 12.6. The van der Waals surface area contributed by atoms with Gasteiger partial charge in [-0.2, -0.15) is 0 Å². The summed E-state index contributed by atoms with van der Waals surface area (Å²) in [5.74, 6) is 0.440. The Hall–Kier alpha value is -2.31. The van der Waals surface area contributed by atoms with Crippen molar-refractivity contribution in [3.05, 3.63) is 145 Å². The van der Waals surface area contributed by atoms with Crippen molar-refractivity contribution in [2.24, 2.45) is 27.6 Å².